The Hall–Kier alpha value is -4.24. The van der Waals surface area contributed by atoms with Gasteiger partial charge < -0.3 is 24.4 Å². The van der Waals surface area contributed by atoms with E-state index < -0.39 is 42.7 Å². The molecule has 2 unspecified atom stereocenters. The van der Waals surface area contributed by atoms with Crippen LogP contribution in [0.2, 0.25) is 0 Å². The van der Waals surface area contributed by atoms with Crippen LogP contribution < -0.4 is 0 Å². The van der Waals surface area contributed by atoms with Crippen LogP contribution in [0.5, 0.6) is 0 Å². The van der Waals surface area contributed by atoms with E-state index >= 15 is 0 Å². The minimum atomic E-state index is -1.44. The number of aromatic carboxylic acids is 1. The fourth-order valence-corrected chi connectivity index (χ4v) is 3.05. The van der Waals surface area contributed by atoms with Crippen molar-refractivity contribution in [2.24, 2.45) is 0 Å². The molecule has 9 heteroatoms. The highest BCUT2D eigenvalue weighted by Crippen LogP contribution is 2.28. The van der Waals surface area contributed by atoms with E-state index in [2.05, 4.69) is 13.2 Å². The predicted octanol–water partition coefficient (Wildman–Crippen LogP) is 3.18. The zero-order valence-corrected chi connectivity index (χ0v) is 19.1. The second kappa shape index (κ2) is 12.9. The minimum Gasteiger partial charge on any atom is -0.478 e. The van der Waals surface area contributed by atoms with Crippen molar-refractivity contribution >= 4 is 23.9 Å². The molecule has 0 saturated carbocycles. The molecular weight excluding hydrogens is 456 g/mol. The fourth-order valence-electron chi connectivity index (χ4n) is 3.05. The van der Waals surface area contributed by atoms with E-state index in [0.717, 1.165) is 6.08 Å². The van der Waals surface area contributed by atoms with Crippen molar-refractivity contribution in [3.8, 4) is 11.1 Å². The normalized spacial score (nSPS) is 12.1. The van der Waals surface area contributed by atoms with Gasteiger partial charge in [-0.3, -0.25) is 0 Å². The highest BCUT2D eigenvalue weighted by molar-refractivity contribution is 6.02. The molecule has 184 valence electrons. The third kappa shape index (κ3) is 7.65. The SMILES string of the molecule is C=CC(=O)OCCC(OC(=O)C(=C)C)C(O)COC(=O)c1ccccc1-c1ccccc1C(=O)O. The van der Waals surface area contributed by atoms with Crippen molar-refractivity contribution < 1.29 is 43.6 Å². The predicted molar refractivity (Wildman–Crippen MR) is 126 cm³/mol. The Morgan fingerprint density at radius 3 is 2.11 bits per heavy atom. The highest BCUT2D eigenvalue weighted by Gasteiger charge is 2.26. The summed E-state index contributed by atoms with van der Waals surface area (Å²) < 4.78 is 15.3. The lowest BCUT2D eigenvalue weighted by molar-refractivity contribution is -0.154. The number of carbonyl (C=O) groups excluding carboxylic acids is 3. The number of benzene rings is 2. The lowest BCUT2D eigenvalue weighted by Crippen LogP contribution is -2.37. The molecule has 0 aromatic heterocycles. The maximum atomic E-state index is 12.8. The van der Waals surface area contributed by atoms with Crippen LogP contribution in [0.25, 0.3) is 11.1 Å². The van der Waals surface area contributed by atoms with Crippen molar-refractivity contribution in [1.29, 1.82) is 0 Å². The summed E-state index contributed by atoms with van der Waals surface area (Å²) in [5.41, 5.74) is 0.850. The van der Waals surface area contributed by atoms with Gasteiger partial charge in [-0.15, -0.1) is 0 Å². The Kier molecular flexibility index (Phi) is 9.92. The van der Waals surface area contributed by atoms with Gasteiger partial charge in [-0.25, -0.2) is 19.2 Å². The molecular formula is C26H26O9. The molecule has 0 amide bonds. The molecule has 0 radical (unpaired) electrons. The number of carbonyl (C=O) groups is 4. The zero-order valence-electron chi connectivity index (χ0n) is 19.1. The molecule has 0 fully saturated rings. The third-order valence-corrected chi connectivity index (χ3v) is 4.83. The Morgan fingerprint density at radius 2 is 1.54 bits per heavy atom. The quantitative estimate of drug-likeness (QED) is 0.265. The van der Waals surface area contributed by atoms with Crippen LogP contribution in [-0.2, 0) is 23.8 Å². The third-order valence-electron chi connectivity index (χ3n) is 4.83. The first kappa shape index (κ1) is 27.0. The molecule has 0 spiro atoms. The molecule has 0 aliphatic heterocycles. The number of esters is 3. The van der Waals surface area contributed by atoms with Crippen LogP contribution in [0.4, 0.5) is 0 Å². The zero-order chi connectivity index (χ0) is 26.0. The van der Waals surface area contributed by atoms with Crippen LogP contribution in [0.1, 0.15) is 34.1 Å². The molecule has 0 bridgehead atoms. The largest absolute Gasteiger partial charge is 0.478 e. The number of hydrogen-bond acceptors (Lipinski definition) is 8. The van der Waals surface area contributed by atoms with Crippen LogP contribution in [0, 0.1) is 0 Å². The lowest BCUT2D eigenvalue weighted by atomic mass is 9.95. The average molecular weight is 482 g/mol. The Balaban J connectivity index is 2.17. The fraction of sp³-hybridized carbons (Fsp3) is 0.231. The van der Waals surface area contributed by atoms with Crippen LogP contribution in [0.15, 0.2) is 73.3 Å². The monoisotopic (exact) mass is 482 g/mol. The number of rotatable bonds is 12. The van der Waals surface area contributed by atoms with E-state index in [0.29, 0.717) is 11.1 Å². The van der Waals surface area contributed by atoms with Crippen molar-refractivity contribution in [3.05, 3.63) is 84.5 Å². The number of aliphatic hydroxyl groups is 1. The first-order valence-electron chi connectivity index (χ1n) is 10.6. The van der Waals surface area contributed by atoms with E-state index in [1.807, 2.05) is 0 Å². The summed E-state index contributed by atoms with van der Waals surface area (Å²) in [6.07, 6.45) is -1.71. The standard InChI is InChI=1S/C26H26O9/c1-4-23(28)33-14-13-22(35-25(31)16(2)3)21(27)15-34-26(32)20-12-8-6-10-18(20)17-9-5-7-11-19(17)24(29)30/h4-12,21-22,27H,1-2,13-15H2,3H3,(H,29,30). The first-order valence-corrected chi connectivity index (χ1v) is 10.6. The van der Waals surface area contributed by atoms with Gasteiger partial charge in [0, 0.05) is 18.1 Å². The molecule has 2 aromatic rings. The molecule has 2 atom stereocenters. The molecule has 0 aliphatic rings. The van der Waals surface area contributed by atoms with Gasteiger partial charge in [0.15, 0.2) is 0 Å². The number of carboxylic acids is 1. The molecule has 9 nitrogen and oxygen atoms in total. The molecule has 0 heterocycles. The molecule has 2 N–H and O–H groups in total. The Labute approximate surface area is 202 Å². The molecule has 2 rings (SSSR count). The summed E-state index contributed by atoms with van der Waals surface area (Å²) in [7, 11) is 0. The summed E-state index contributed by atoms with van der Waals surface area (Å²) in [6.45, 7) is 7.45. The second-order valence-corrected chi connectivity index (χ2v) is 7.45. The number of hydrogen-bond donors (Lipinski definition) is 2. The van der Waals surface area contributed by atoms with Crippen molar-refractivity contribution in [2.75, 3.05) is 13.2 Å². The van der Waals surface area contributed by atoms with Gasteiger partial charge in [-0.05, 0) is 30.2 Å². The minimum absolute atomic E-state index is 0.00799. The van der Waals surface area contributed by atoms with Crippen LogP contribution >= 0.6 is 0 Å². The summed E-state index contributed by atoms with van der Waals surface area (Å²) in [5, 5.41) is 20.0. The molecule has 35 heavy (non-hydrogen) atoms. The van der Waals surface area contributed by atoms with Gasteiger partial charge >= 0.3 is 23.9 Å². The highest BCUT2D eigenvalue weighted by atomic mass is 16.6. The molecule has 0 saturated heterocycles. The Bertz CT molecular complexity index is 1120. The molecule has 2 aromatic carbocycles. The topological polar surface area (TPSA) is 136 Å². The van der Waals surface area contributed by atoms with Gasteiger partial charge in [0.25, 0.3) is 0 Å². The number of ether oxygens (including phenoxy) is 3. The van der Waals surface area contributed by atoms with Gasteiger partial charge in [-0.2, -0.15) is 0 Å². The van der Waals surface area contributed by atoms with Crippen molar-refractivity contribution in [3.63, 3.8) is 0 Å². The maximum Gasteiger partial charge on any atom is 0.338 e. The summed E-state index contributed by atoms with van der Waals surface area (Å²) in [4.78, 5) is 47.6. The average Bonchev–Trinajstić information content (AvgIpc) is 2.85. The van der Waals surface area contributed by atoms with Gasteiger partial charge in [0.1, 0.15) is 18.8 Å². The van der Waals surface area contributed by atoms with E-state index in [9.17, 15) is 29.4 Å². The van der Waals surface area contributed by atoms with Crippen molar-refractivity contribution in [2.45, 2.75) is 25.6 Å². The van der Waals surface area contributed by atoms with E-state index in [1.165, 1.54) is 19.1 Å². The van der Waals surface area contributed by atoms with E-state index in [4.69, 9.17) is 14.2 Å². The summed E-state index contributed by atoms with van der Waals surface area (Å²) in [6, 6.07) is 12.5. The van der Waals surface area contributed by atoms with Crippen LogP contribution in [-0.4, -0.2) is 59.5 Å². The maximum absolute atomic E-state index is 12.8. The summed E-state index contributed by atoms with van der Waals surface area (Å²) >= 11 is 0. The Morgan fingerprint density at radius 1 is 0.971 bits per heavy atom. The second-order valence-electron chi connectivity index (χ2n) is 7.45. The van der Waals surface area contributed by atoms with Gasteiger partial charge in [0.2, 0.25) is 0 Å². The van der Waals surface area contributed by atoms with E-state index in [-0.39, 0.29) is 29.7 Å². The number of carboxylic acid groups (broad SMARTS) is 1. The van der Waals surface area contributed by atoms with Crippen LogP contribution in [0.3, 0.4) is 0 Å². The number of aliphatic hydroxyl groups excluding tert-OH is 1. The summed E-state index contributed by atoms with van der Waals surface area (Å²) in [5.74, 6) is -3.43. The van der Waals surface area contributed by atoms with Crippen molar-refractivity contribution in [1.82, 2.24) is 0 Å². The smallest absolute Gasteiger partial charge is 0.338 e. The first-order chi connectivity index (χ1) is 16.6. The lowest BCUT2D eigenvalue weighted by Gasteiger charge is -2.23. The van der Waals surface area contributed by atoms with E-state index in [1.54, 1.807) is 36.4 Å². The molecule has 0 aliphatic carbocycles. The van der Waals surface area contributed by atoms with Gasteiger partial charge in [0.05, 0.1) is 17.7 Å². The van der Waals surface area contributed by atoms with Gasteiger partial charge in [-0.1, -0.05) is 49.6 Å².